The van der Waals surface area contributed by atoms with Gasteiger partial charge in [-0.15, -0.1) is 0 Å². The van der Waals surface area contributed by atoms with Crippen LogP contribution in [-0.4, -0.2) is 25.2 Å². The monoisotopic (exact) mass is 239 g/mol. The maximum atomic E-state index is 11.8. The first-order valence-corrected chi connectivity index (χ1v) is 7.06. The lowest BCUT2D eigenvalue weighted by molar-refractivity contribution is -0.144. The Morgan fingerprint density at radius 2 is 1.88 bits per heavy atom. The van der Waals surface area contributed by atoms with Gasteiger partial charge in [-0.05, 0) is 37.5 Å². The topological polar surface area (TPSA) is 38.3 Å². The molecule has 0 spiro atoms. The van der Waals surface area contributed by atoms with E-state index in [1.807, 2.05) is 0 Å². The van der Waals surface area contributed by atoms with Crippen LogP contribution in [0.5, 0.6) is 0 Å². The first-order chi connectivity index (χ1) is 8.22. The van der Waals surface area contributed by atoms with Gasteiger partial charge < -0.3 is 10.1 Å². The number of nitrogens with one attached hydrogen (secondary N) is 1. The zero-order valence-electron chi connectivity index (χ0n) is 11.1. The van der Waals surface area contributed by atoms with E-state index in [4.69, 9.17) is 4.74 Å². The minimum atomic E-state index is -0.0658. The summed E-state index contributed by atoms with van der Waals surface area (Å²) < 4.78 is 4.92. The molecule has 0 bridgehead atoms. The maximum Gasteiger partial charge on any atom is 0.323 e. The van der Waals surface area contributed by atoms with Crippen molar-refractivity contribution in [2.24, 2.45) is 11.8 Å². The van der Waals surface area contributed by atoms with E-state index in [1.165, 1.54) is 52.1 Å². The number of carbonyl (C=O) groups is 1. The summed E-state index contributed by atoms with van der Waals surface area (Å²) in [5, 5.41) is 3.58. The van der Waals surface area contributed by atoms with E-state index in [-0.39, 0.29) is 12.0 Å². The average molecular weight is 239 g/mol. The van der Waals surface area contributed by atoms with Crippen molar-refractivity contribution in [2.45, 2.75) is 64.0 Å². The first kappa shape index (κ1) is 12.9. The van der Waals surface area contributed by atoms with Gasteiger partial charge in [0.05, 0.1) is 7.11 Å². The normalized spacial score (nSPS) is 31.6. The molecule has 0 aromatic rings. The Hall–Kier alpha value is -0.570. The molecule has 98 valence electrons. The van der Waals surface area contributed by atoms with Crippen molar-refractivity contribution >= 4 is 5.97 Å². The van der Waals surface area contributed by atoms with E-state index in [0.29, 0.717) is 17.9 Å². The van der Waals surface area contributed by atoms with E-state index >= 15 is 0 Å². The molecule has 17 heavy (non-hydrogen) atoms. The molecule has 3 unspecified atom stereocenters. The Labute approximate surface area is 104 Å². The summed E-state index contributed by atoms with van der Waals surface area (Å²) in [6.45, 7) is 2.31. The number of carbonyl (C=O) groups excluding carboxylic acids is 1. The van der Waals surface area contributed by atoms with Crippen LogP contribution in [0.4, 0.5) is 0 Å². The summed E-state index contributed by atoms with van der Waals surface area (Å²) in [5.74, 6) is 1.14. The number of hydrogen-bond acceptors (Lipinski definition) is 3. The van der Waals surface area contributed by atoms with Gasteiger partial charge in [0.1, 0.15) is 6.04 Å². The van der Waals surface area contributed by atoms with E-state index in [0.717, 1.165) is 0 Å². The number of hydrogen-bond donors (Lipinski definition) is 1. The number of rotatable bonds is 4. The van der Waals surface area contributed by atoms with E-state index in [1.54, 1.807) is 0 Å². The molecule has 0 heterocycles. The van der Waals surface area contributed by atoms with E-state index < -0.39 is 0 Å². The van der Waals surface area contributed by atoms with Crippen LogP contribution < -0.4 is 5.32 Å². The van der Waals surface area contributed by atoms with Gasteiger partial charge in [0.25, 0.3) is 0 Å². The Morgan fingerprint density at radius 3 is 2.53 bits per heavy atom. The quantitative estimate of drug-likeness (QED) is 0.605. The molecule has 2 rings (SSSR count). The van der Waals surface area contributed by atoms with Crippen LogP contribution in [0.3, 0.4) is 0 Å². The van der Waals surface area contributed by atoms with Crippen molar-refractivity contribution in [3.05, 3.63) is 0 Å². The van der Waals surface area contributed by atoms with Crippen LogP contribution in [0.2, 0.25) is 0 Å². The Kier molecular flexibility index (Phi) is 4.43. The van der Waals surface area contributed by atoms with Gasteiger partial charge in [-0.25, -0.2) is 0 Å². The third-order valence-electron chi connectivity index (χ3n) is 4.30. The Balaban J connectivity index is 1.93. The van der Waals surface area contributed by atoms with Crippen molar-refractivity contribution in [3.63, 3.8) is 0 Å². The third kappa shape index (κ3) is 3.44. The highest BCUT2D eigenvalue weighted by Crippen LogP contribution is 2.34. The lowest BCUT2D eigenvalue weighted by Crippen LogP contribution is -2.47. The molecule has 1 N–H and O–H groups in total. The number of methoxy groups -OCH3 is 1. The molecule has 3 atom stereocenters. The molecule has 0 amide bonds. The Bertz CT molecular complexity index is 263. The van der Waals surface area contributed by atoms with Crippen LogP contribution in [0.15, 0.2) is 0 Å². The summed E-state index contributed by atoms with van der Waals surface area (Å²) in [6, 6.07) is 0.452. The van der Waals surface area contributed by atoms with Gasteiger partial charge in [0, 0.05) is 6.04 Å². The summed E-state index contributed by atoms with van der Waals surface area (Å²) in [4.78, 5) is 11.8. The zero-order chi connectivity index (χ0) is 12.3. The van der Waals surface area contributed by atoms with Crippen molar-refractivity contribution in [1.29, 1.82) is 0 Å². The summed E-state index contributed by atoms with van der Waals surface area (Å²) in [7, 11) is 1.50. The number of ether oxygens (including phenoxy) is 1. The summed E-state index contributed by atoms with van der Waals surface area (Å²) in [6.07, 6.45) is 8.82. The molecule has 2 fully saturated rings. The van der Waals surface area contributed by atoms with Gasteiger partial charge in [-0.3, -0.25) is 4.79 Å². The highest BCUT2D eigenvalue weighted by Gasteiger charge is 2.38. The molecule has 0 aliphatic heterocycles. The van der Waals surface area contributed by atoms with Gasteiger partial charge in [-0.2, -0.15) is 0 Å². The van der Waals surface area contributed by atoms with E-state index in [2.05, 4.69) is 12.2 Å². The molecule has 2 aliphatic carbocycles. The molecule has 0 saturated heterocycles. The van der Waals surface area contributed by atoms with E-state index in [9.17, 15) is 4.79 Å². The lowest BCUT2D eigenvalue weighted by atomic mass is 9.95. The molecule has 3 heteroatoms. The minimum Gasteiger partial charge on any atom is -0.468 e. The second-order valence-electron chi connectivity index (χ2n) is 5.73. The lowest BCUT2D eigenvalue weighted by Gasteiger charge is -2.27. The van der Waals surface area contributed by atoms with Crippen LogP contribution in [-0.2, 0) is 9.53 Å². The summed E-state index contributed by atoms with van der Waals surface area (Å²) in [5.41, 5.74) is 0. The zero-order valence-corrected chi connectivity index (χ0v) is 11.1. The van der Waals surface area contributed by atoms with Crippen molar-refractivity contribution in [3.8, 4) is 0 Å². The molecular weight excluding hydrogens is 214 g/mol. The van der Waals surface area contributed by atoms with Crippen LogP contribution in [0.1, 0.15) is 51.9 Å². The molecule has 0 radical (unpaired) electrons. The second-order valence-corrected chi connectivity index (χ2v) is 5.73. The Morgan fingerprint density at radius 1 is 1.18 bits per heavy atom. The SMILES string of the molecule is COC(=O)C(NC1CCCCCC1C)C1CC1. The van der Waals surface area contributed by atoms with Crippen molar-refractivity contribution in [2.75, 3.05) is 7.11 Å². The summed E-state index contributed by atoms with van der Waals surface area (Å²) >= 11 is 0. The third-order valence-corrected chi connectivity index (χ3v) is 4.30. The predicted octanol–water partition coefficient (Wildman–Crippen LogP) is 2.50. The van der Waals surface area contributed by atoms with Gasteiger partial charge in [0.2, 0.25) is 0 Å². The molecule has 0 aromatic carbocycles. The van der Waals surface area contributed by atoms with Gasteiger partial charge in [0.15, 0.2) is 0 Å². The van der Waals surface area contributed by atoms with Crippen LogP contribution in [0, 0.1) is 11.8 Å². The second kappa shape index (κ2) is 5.85. The van der Waals surface area contributed by atoms with Crippen LogP contribution in [0.25, 0.3) is 0 Å². The molecule has 3 nitrogen and oxygen atoms in total. The fourth-order valence-electron chi connectivity index (χ4n) is 2.92. The maximum absolute atomic E-state index is 11.8. The molecule has 0 aromatic heterocycles. The van der Waals surface area contributed by atoms with Gasteiger partial charge >= 0.3 is 5.97 Å². The largest absolute Gasteiger partial charge is 0.468 e. The fourth-order valence-corrected chi connectivity index (χ4v) is 2.92. The van der Waals surface area contributed by atoms with Crippen molar-refractivity contribution < 1.29 is 9.53 Å². The van der Waals surface area contributed by atoms with Gasteiger partial charge in [-0.1, -0.05) is 26.2 Å². The predicted molar refractivity (Wildman–Crippen MR) is 67.7 cm³/mol. The number of esters is 1. The van der Waals surface area contributed by atoms with Crippen molar-refractivity contribution in [1.82, 2.24) is 5.32 Å². The molecular formula is C14H25NO2. The highest BCUT2D eigenvalue weighted by atomic mass is 16.5. The first-order valence-electron chi connectivity index (χ1n) is 7.06. The fraction of sp³-hybridized carbons (Fsp3) is 0.929. The highest BCUT2D eigenvalue weighted by molar-refractivity contribution is 5.76. The van der Waals surface area contributed by atoms with Crippen LogP contribution >= 0.6 is 0 Å². The smallest absolute Gasteiger partial charge is 0.323 e. The molecule has 2 saturated carbocycles. The molecule has 2 aliphatic rings. The minimum absolute atomic E-state index is 0.0504. The average Bonchev–Trinajstić information content (AvgIpc) is 3.14. The standard InChI is InChI=1S/C14H25NO2/c1-10-6-4-3-5-7-12(10)15-13(11-8-9-11)14(16)17-2/h10-13,15H,3-9H2,1-2H3.